The SMILES string of the molecule is CCCCCCCCCCOc1cc(CO)cc(OCCCCCCCCCC)c1. The van der Waals surface area contributed by atoms with Crippen LogP contribution in [-0.4, -0.2) is 18.3 Å². The molecule has 0 fully saturated rings. The van der Waals surface area contributed by atoms with Crippen LogP contribution in [0.15, 0.2) is 18.2 Å². The lowest BCUT2D eigenvalue weighted by Gasteiger charge is -2.12. The predicted octanol–water partition coefficient (Wildman–Crippen LogP) is 8.22. The van der Waals surface area contributed by atoms with Crippen LogP contribution in [0, 0.1) is 0 Å². The topological polar surface area (TPSA) is 38.7 Å². The van der Waals surface area contributed by atoms with Crippen LogP contribution in [0.4, 0.5) is 0 Å². The molecule has 0 amide bonds. The second kappa shape index (κ2) is 19.7. The first-order valence-electron chi connectivity index (χ1n) is 12.8. The summed E-state index contributed by atoms with van der Waals surface area (Å²) < 4.78 is 11.9. The van der Waals surface area contributed by atoms with Crippen LogP contribution >= 0.6 is 0 Å². The lowest BCUT2D eigenvalue weighted by molar-refractivity contribution is 0.271. The Morgan fingerprint density at radius 1 is 0.533 bits per heavy atom. The molecule has 1 N–H and O–H groups in total. The van der Waals surface area contributed by atoms with Gasteiger partial charge in [0.1, 0.15) is 11.5 Å². The van der Waals surface area contributed by atoms with Crippen LogP contribution in [0.1, 0.15) is 122 Å². The lowest BCUT2D eigenvalue weighted by atomic mass is 10.1. The van der Waals surface area contributed by atoms with Crippen LogP contribution in [0.3, 0.4) is 0 Å². The Labute approximate surface area is 186 Å². The van der Waals surface area contributed by atoms with E-state index < -0.39 is 0 Å². The summed E-state index contributed by atoms with van der Waals surface area (Å²) in [6.45, 7) is 6.01. The second-order valence-electron chi connectivity index (χ2n) is 8.62. The van der Waals surface area contributed by atoms with Gasteiger partial charge < -0.3 is 14.6 Å². The van der Waals surface area contributed by atoms with Crippen molar-refractivity contribution < 1.29 is 14.6 Å². The molecule has 1 aromatic carbocycles. The highest BCUT2D eigenvalue weighted by Crippen LogP contribution is 2.24. The molecule has 0 aromatic heterocycles. The molecule has 3 nitrogen and oxygen atoms in total. The number of hydrogen-bond acceptors (Lipinski definition) is 3. The largest absolute Gasteiger partial charge is 0.493 e. The van der Waals surface area contributed by atoms with E-state index in [1.165, 1.54) is 89.9 Å². The minimum atomic E-state index is 0.0169. The number of aliphatic hydroxyl groups is 1. The van der Waals surface area contributed by atoms with Crippen molar-refractivity contribution in [1.82, 2.24) is 0 Å². The Morgan fingerprint density at radius 3 is 1.27 bits per heavy atom. The highest BCUT2D eigenvalue weighted by molar-refractivity contribution is 5.38. The molecule has 3 heteroatoms. The van der Waals surface area contributed by atoms with Gasteiger partial charge in [-0.05, 0) is 30.5 Å². The summed E-state index contributed by atoms with van der Waals surface area (Å²) in [5.74, 6) is 1.63. The van der Waals surface area contributed by atoms with Crippen molar-refractivity contribution in [2.24, 2.45) is 0 Å². The average Bonchev–Trinajstić information content (AvgIpc) is 2.76. The summed E-state index contributed by atoms with van der Waals surface area (Å²) in [5.41, 5.74) is 0.856. The Balaban J connectivity index is 2.17. The zero-order valence-corrected chi connectivity index (χ0v) is 19.9. The van der Waals surface area contributed by atoms with Gasteiger partial charge in [0.15, 0.2) is 0 Å². The Hall–Kier alpha value is -1.22. The van der Waals surface area contributed by atoms with Crippen LogP contribution < -0.4 is 9.47 Å². The number of aliphatic hydroxyl groups excluding tert-OH is 1. The van der Waals surface area contributed by atoms with Crippen LogP contribution in [0.25, 0.3) is 0 Å². The maximum absolute atomic E-state index is 9.54. The first kappa shape index (κ1) is 26.8. The lowest BCUT2D eigenvalue weighted by Crippen LogP contribution is -2.01. The van der Waals surface area contributed by atoms with Gasteiger partial charge in [0.2, 0.25) is 0 Å². The molecule has 0 aliphatic carbocycles. The standard InChI is InChI=1S/C27H48O3/c1-3-5-7-9-11-13-15-17-19-29-26-21-25(24-28)22-27(23-26)30-20-18-16-14-12-10-8-6-4-2/h21-23,28H,3-20,24H2,1-2H3. The van der Waals surface area contributed by atoms with Crippen LogP contribution in [0.2, 0.25) is 0 Å². The van der Waals surface area contributed by atoms with E-state index >= 15 is 0 Å². The number of unbranched alkanes of at least 4 members (excludes halogenated alkanes) is 14. The normalized spacial score (nSPS) is 11.0. The minimum absolute atomic E-state index is 0.0169. The summed E-state index contributed by atoms with van der Waals surface area (Å²) in [6, 6.07) is 5.82. The molecule has 0 radical (unpaired) electrons. The molecule has 0 aliphatic rings. The molecule has 174 valence electrons. The van der Waals surface area contributed by atoms with Gasteiger partial charge in [0, 0.05) is 6.07 Å². The summed E-state index contributed by atoms with van der Waals surface area (Å²) in [4.78, 5) is 0. The van der Waals surface area contributed by atoms with E-state index in [9.17, 15) is 5.11 Å². The van der Waals surface area contributed by atoms with E-state index in [1.807, 2.05) is 18.2 Å². The van der Waals surface area contributed by atoms with E-state index in [0.29, 0.717) is 0 Å². The Bertz CT molecular complexity index is 461. The van der Waals surface area contributed by atoms with E-state index in [1.54, 1.807) is 0 Å². The third kappa shape index (κ3) is 14.7. The zero-order chi connectivity index (χ0) is 21.7. The molecule has 0 heterocycles. The zero-order valence-electron chi connectivity index (χ0n) is 19.9. The van der Waals surface area contributed by atoms with Crippen molar-refractivity contribution in [1.29, 1.82) is 0 Å². The monoisotopic (exact) mass is 420 g/mol. The first-order chi connectivity index (χ1) is 14.8. The number of rotatable bonds is 21. The fourth-order valence-electron chi connectivity index (χ4n) is 3.74. The highest BCUT2D eigenvalue weighted by Gasteiger charge is 2.04. The summed E-state index contributed by atoms with van der Waals surface area (Å²) in [6.07, 6.45) is 20.8. The molecule has 1 rings (SSSR count). The fraction of sp³-hybridized carbons (Fsp3) is 0.778. The summed E-state index contributed by atoms with van der Waals surface area (Å²) >= 11 is 0. The van der Waals surface area contributed by atoms with Crippen LogP contribution in [0.5, 0.6) is 11.5 Å². The molecule has 0 saturated heterocycles. The predicted molar refractivity (Wildman–Crippen MR) is 129 cm³/mol. The molecule has 0 atom stereocenters. The minimum Gasteiger partial charge on any atom is -0.493 e. The van der Waals surface area contributed by atoms with Crippen molar-refractivity contribution >= 4 is 0 Å². The molecule has 1 aromatic rings. The van der Waals surface area contributed by atoms with Crippen LogP contribution in [-0.2, 0) is 6.61 Å². The van der Waals surface area contributed by atoms with E-state index in [2.05, 4.69) is 13.8 Å². The Morgan fingerprint density at radius 2 is 0.900 bits per heavy atom. The van der Waals surface area contributed by atoms with Crippen molar-refractivity contribution in [2.45, 2.75) is 123 Å². The van der Waals surface area contributed by atoms with Gasteiger partial charge in [0.05, 0.1) is 19.8 Å². The smallest absolute Gasteiger partial charge is 0.123 e. The second-order valence-corrected chi connectivity index (χ2v) is 8.62. The summed E-state index contributed by atoms with van der Waals surface area (Å²) in [5, 5.41) is 9.54. The third-order valence-corrected chi connectivity index (χ3v) is 5.66. The van der Waals surface area contributed by atoms with Gasteiger partial charge in [-0.1, -0.05) is 104 Å². The number of benzene rings is 1. The molecule has 0 unspecified atom stereocenters. The first-order valence-corrected chi connectivity index (χ1v) is 12.8. The third-order valence-electron chi connectivity index (χ3n) is 5.66. The van der Waals surface area contributed by atoms with Crippen molar-refractivity contribution in [2.75, 3.05) is 13.2 Å². The van der Waals surface area contributed by atoms with E-state index in [4.69, 9.17) is 9.47 Å². The van der Waals surface area contributed by atoms with E-state index in [0.717, 1.165) is 43.1 Å². The molecule has 30 heavy (non-hydrogen) atoms. The van der Waals surface area contributed by atoms with Crippen molar-refractivity contribution in [3.05, 3.63) is 23.8 Å². The average molecular weight is 421 g/mol. The highest BCUT2D eigenvalue weighted by atomic mass is 16.5. The van der Waals surface area contributed by atoms with Gasteiger partial charge in [-0.2, -0.15) is 0 Å². The molecule has 0 aliphatic heterocycles. The molecule has 0 saturated carbocycles. The maximum atomic E-state index is 9.54. The quantitative estimate of drug-likeness (QED) is 0.204. The van der Waals surface area contributed by atoms with Gasteiger partial charge in [-0.3, -0.25) is 0 Å². The van der Waals surface area contributed by atoms with Gasteiger partial charge >= 0.3 is 0 Å². The molecular weight excluding hydrogens is 372 g/mol. The molecule has 0 spiro atoms. The molecule has 0 bridgehead atoms. The number of ether oxygens (including phenoxy) is 2. The number of hydrogen-bond donors (Lipinski definition) is 1. The van der Waals surface area contributed by atoms with Gasteiger partial charge in [0.25, 0.3) is 0 Å². The maximum Gasteiger partial charge on any atom is 0.123 e. The van der Waals surface area contributed by atoms with Crippen molar-refractivity contribution in [3.63, 3.8) is 0 Å². The molecular formula is C27H48O3. The fourth-order valence-corrected chi connectivity index (χ4v) is 3.74. The van der Waals surface area contributed by atoms with E-state index in [-0.39, 0.29) is 6.61 Å². The van der Waals surface area contributed by atoms with Gasteiger partial charge in [-0.25, -0.2) is 0 Å². The van der Waals surface area contributed by atoms with Gasteiger partial charge in [-0.15, -0.1) is 0 Å². The summed E-state index contributed by atoms with van der Waals surface area (Å²) in [7, 11) is 0. The Kier molecular flexibility index (Phi) is 17.6. The van der Waals surface area contributed by atoms with Crippen molar-refractivity contribution in [3.8, 4) is 11.5 Å².